The van der Waals surface area contributed by atoms with Crippen LogP contribution >= 0.6 is 0 Å². The first kappa shape index (κ1) is 17.4. The Labute approximate surface area is 138 Å². The molecule has 3 nitrogen and oxygen atoms in total. The Morgan fingerprint density at radius 1 is 0.913 bits per heavy atom. The number of carbonyl (C=O) groups is 1. The number of aldehydes is 1. The van der Waals surface area contributed by atoms with Crippen LogP contribution in [0.15, 0.2) is 65.6 Å². The van der Waals surface area contributed by atoms with E-state index in [2.05, 4.69) is 0 Å². The average Bonchev–Trinajstić information content (AvgIpc) is 2.56. The molecular formula is C19H22O3S. The summed E-state index contributed by atoms with van der Waals surface area (Å²) in [4.78, 5) is 11.9. The zero-order valence-electron chi connectivity index (χ0n) is 13.4. The molecule has 2 atom stereocenters. The molecule has 0 aliphatic rings. The third kappa shape index (κ3) is 4.29. The van der Waals surface area contributed by atoms with E-state index in [1.54, 1.807) is 30.3 Å². The quantitative estimate of drug-likeness (QED) is 0.727. The molecule has 0 N–H and O–H groups in total. The average molecular weight is 330 g/mol. The standard InChI is InChI=1S/C19H22O3S/c1-15(2)18(13-20)19(16-9-5-3-6-10-16)14-23(21,22)17-11-7-4-8-12-17/h3-13,15,18-19H,14H2,1-2H3. The first-order chi connectivity index (χ1) is 11.0. The molecule has 0 radical (unpaired) electrons. The van der Waals surface area contributed by atoms with Crippen molar-refractivity contribution >= 4 is 16.1 Å². The van der Waals surface area contributed by atoms with E-state index in [9.17, 15) is 13.2 Å². The maximum Gasteiger partial charge on any atom is 0.179 e. The predicted octanol–water partition coefficient (Wildman–Crippen LogP) is 3.72. The van der Waals surface area contributed by atoms with Gasteiger partial charge < -0.3 is 4.79 Å². The Balaban J connectivity index is 2.41. The van der Waals surface area contributed by atoms with Crippen molar-refractivity contribution in [2.45, 2.75) is 24.7 Å². The number of benzene rings is 2. The van der Waals surface area contributed by atoms with Crippen molar-refractivity contribution in [2.75, 3.05) is 5.75 Å². The van der Waals surface area contributed by atoms with E-state index in [1.165, 1.54) is 0 Å². The van der Waals surface area contributed by atoms with Crippen molar-refractivity contribution in [1.82, 2.24) is 0 Å². The van der Waals surface area contributed by atoms with Crippen LogP contribution in [0.3, 0.4) is 0 Å². The molecule has 0 aliphatic heterocycles. The van der Waals surface area contributed by atoms with Crippen LogP contribution in [0.5, 0.6) is 0 Å². The van der Waals surface area contributed by atoms with E-state index in [0.29, 0.717) is 4.90 Å². The van der Waals surface area contributed by atoms with E-state index < -0.39 is 9.84 Å². The highest BCUT2D eigenvalue weighted by Gasteiger charge is 2.31. The first-order valence-corrected chi connectivity index (χ1v) is 9.39. The topological polar surface area (TPSA) is 51.2 Å². The predicted molar refractivity (Wildman–Crippen MR) is 92.1 cm³/mol. The fourth-order valence-electron chi connectivity index (χ4n) is 2.81. The summed E-state index contributed by atoms with van der Waals surface area (Å²) in [5, 5.41) is 0. The van der Waals surface area contributed by atoms with Crippen LogP contribution < -0.4 is 0 Å². The lowest BCUT2D eigenvalue weighted by atomic mass is 9.81. The van der Waals surface area contributed by atoms with E-state index in [-0.39, 0.29) is 23.5 Å². The summed E-state index contributed by atoms with van der Waals surface area (Å²) in [5.41, 5.74) is 0.887. The third-order valence-corrected chi connectivity index (χ3v) is 5.91. The van der Waals surface area contributed by atoms with Gasteiger partial charge in [-0.15, -0.1) is 0 Å². The molecule has 2 aromatic rings. The summed E-state index contributed by atoms with van der Waals surface area (Å²) < 4.78 is 25.5. The van der Waals surface area contributed by atoms with E-state index >= 15 is 0 Å². The smallest absolute Gasteiger partial charge is 0.179 e. The maximum absolute atomic E-state index is 12.7. The second kappa shape index (κ2) is 7.55. The molecule has 0 aromatic heterocycles. The van der Waals surface area contributed by atoms with Crippen molar-refractivity contribution in [3.8, 4) is 0 Å². The van der Waals surface area contributed by atoms with Crippen molar-refractivity contribution in [2.24, 2.45) is 11.8 Å². The lowest BCUT2D eigenvalue weighted by molar-refractivity contribution is -0.112. The van der Waals surface area contributed by atoms with Gasteiger partial charge in [-0.1, -0.05) is 62.4 Å². The summed E-state index contributed by atoms with van der Waals surface area (Å²) in [6, 6.07) is 17.8. The molecule has 0 aliphatic carbocycles. The van der Waals surface area contributed by atoms with Crippen LogP contribution in [-0.2, 0) is 14.6 Å². The van der Waals surface area contributed by atoms with Gasteiger partial charge >= 0.3 is 0 Å². The number of sulfone groups is 1. The minimum atomic E-state index is -3.46. The lowest BCUT2D eigenvalue weighted by Crippen LogP contribution is -2.26. The summed E-state index contributed by atoms with van der Waals surface area (Å²) in [7, 11) is -3.46. The second-order valence-electron chi connectivity index (χ2n) is 6.07. The number of carbonyl (C=O) groups excluding carboxylic acids is 1. The SMILES string of the molecule is CC(C)C(C=O)C(CS(=O)(=O)c1ccccc1)c1ccccc1. The van der Waals surface area contributed by atoms with Gasteiger partial charge in [0, 0.05) is 11.8 Å². The van der Waals surface area contributed by atoms with E-state index in [4.69, 9.17) is 0 Å². The highest BCUT2D eigenvalue weighted by molar-refractivity contribution is 7.91. The molecule has 122 valence electrons. The molecule has 0 amide bonds. The zero-order valence-corrected chi connectivity index (χ0v) is 14.2. The van der Waals surface area contributed by atoms with Crippen molar-refractivity contribution < 1.29 is 13.2 Å². The van der Waals surface area contributed by atoms with Gasteiger partial charge in [0.15, 0.2) is 9.84 Å². The van der Waals surface area contributed by atoms with E-state index in [1.807, 2.05) is 44.2 Å². The second-order valence-corrected chi connectivity index (χ2v) is 8.10. The first-order valence-electron chi connectivity index (χ1n) is 7.73. The maximum atomic E-state index is 12.7. The minimum absolute atomic E-state index is 0.0669. The van der Waals surface area contributed by atoms with Gasteiger partial charge in [-0.25, -0.2) is 8.42 Å². The Morgan fingerprint density at radius 2 is 1.43 bits per heavy atom. The molecule has 0 spiro atoms. The largest absolute Gasteiger partial charge is 0.303 e. The van der Waals surface area contributed by atoms with Crippen LogP contribution in [-0.4, -0.2) is 20.5 Å². The summed E-state index contributed by atoms with van der Waals surface area (Å²) in [6.45, 7) is 3.90. The number of hydrogen-bond acceptors (Lipinski definition) is 3. The van der Waals surface area contributed by atoms with Gasteiger partial charge in [0.05, 0.1) is 10.6 Å². The van der Waals surface area contributed by atoms with Gasteiger partial charge in [-0.3, -0.25) is 0 Å². The Hall–Kier alpha value is -1.94. The van der Waals surface area contributed by atoms with Gasteiger partial charge in [-0.05, 0) is 23.6 Å². The van der Waals surface area contributed by atoms with Crippen LogP contribution in [0.2, 0.25) is 0 Å². The summed E-state index contributed by atoms with van der Waals surface area (Å²) in [6.07, 6.45) is 0.892. The van der Waals surface area contributed by atoms with Crippen LogP contribution in [0.25, 0.3) is 0 Å². The van der Waals surface area contributed by atoms with Crippen LogP contribution in [0, 0.1) is 11.8 Å². The molecule has 2 aromatic carbocycles. The molecule has 0 heterocycles. The molecule has 4 heteroatoms. The van der Waals surface area contributed by atoms with Crippen LogP contribution in [0.1, 0.15) is 25.3 Å². The Morgan fingerprint density at radius 3 is 1.91 bits per heavy atom. The molecule has 0 saturated heterocycles. The molecule has 23 heavy (non-hydrogen) atoms. The van der Waals surface area contributed by atoms with Crippen molar-refractivity contribution in [3.63, 3.8) is 0 Å². The Bertz CT molecular complexity index is 722. The zero-order chi connectivity index (χ0) is 16.9. The van der Waals surface area contributed by atoms with Gasteiger partial charge in [0.1, 0.15) is 6.29 Å². The van der Waals surface area contributed by atoms with Crippen molar-refractivity contribution in [1.29, 1.82) is 0 Å². The van der Waals surface area contributed by atoms with Gasteiger partial charge in [0.2, 0.25) is 0 Å². The molecule has 0 saturated carbocycles. The fraction of sp³-hybridized carbons (Fsp3) is 0.316. The third-order valence-electron chi connectivity index (χ3n) is 4.12. The molecule has 2 rings (SSSR count). The van der Waals surface area contributed by atoms with Crippen LogP contribution in [0.4, 0.5) is 0 Å². The lowest BCUT2D eigenvalue weighted by Gasteiger charge is -2.26. The fourth-order valence-corrected chi connectivity index (χ4v) is 4.46. The highest BCUT2D eigenvalue weighted by Crippen LogP contribution is 2.32. The minimum Gasteiger partial charge on any atom is -0.303 e. The molecule has 0 fully saturated rings. The number of rotatable bonds is 7. The monoisotopic (exact) mass is 330 g/mol. The highest BCUT2D eigenvalue weighted by atomic mass is 32.2. The molecular weight excluding hydrogens is 308 g/mol. The molecule has 2 unspecified atom stereocenters. The normalized spacial score (nSPS) is 14.4. The van der Waals surface area contributed by atoms with Crippen molar-refractivity contribution in [3.05, 3.63) is 66.2 Å². The molecule has 0 bridgehead atoms. The summed E-state index contributed by atoms with van der Waals surface area (Å²) >= 11 is 0. The summed E-state index contributed by atoms with van der Waals surface area (Å²) in [5.74, 6) is -0.679. The van der Waals surface area contributed by atoms with Gasteiger partial charge in [0.25, 0.3) is 0 Å². The van der Waals surface area contributed by atoms with E-state index in [0.717, 1.165) is 11.8 Å². The van der Waals surface area contributed by atoms with Gasteiger partial charge in [-0.2, -0.15) is 0 Å². The number of hydrogen-bond donors (Lipinski definition) is 0. The Kier molecular flexibility index (Phi) is 5.72.